The third-order valence-corrected chi connectivity index (χ3v) is 2.23. The minimum Gasteiger partial charge on any atom is -0.306 e. The van der Waals surface area contributed by atoms with Gasteiger partial charge in [-0.05, 0) is 17.7 Å². The second-order valence-corrected chi connectivity index (χ2v) is 3.21. The number of hydrogen-bond donors (Lipinski definition) is 1. The van der Waals surface area contributed by atoms with Crippen LogP contribution in [0.25, 0.3) is 0 Å². The number of carbonyl (C=O) groups is 1. The summed E-state index contributed by atoms with van der Waals surface area (Å²) in [6.45, 7) is 0. The van der Waals surface area contributed by atoms with Crippen LogP contribution in [-0.2, 0) is 10.7 Å². The van der Waals surface area contributed by atoms with Gasteiger partial charge in [-0.15, -0.1) is 11.6 Å². The van der Waals surface area contributed by atoms with Gasteiger partial charge in [-0.1, -0.05) is 12.1 Å². The highest BCUT2D eigenvalue weighted by Crippen LogP contribution is 2.11. The van der Waals surface area contributed by atoms with Crippen LogP contribution >= 0.6 is 11.6 Å². The summed E-state index contributed by atoms with van der Waals surface area (Å²) in [4.78, 5) is 16.1. The SMILES string of the molecule is CON(C)C(=O)Nc1ccc(CCl)cc1. The molecule has 15 heavy (non-hydrogen) atoms. The molecule has 0 heterocycles. The number of benzene rings is 1. The van der Waals surface area contributed by atoms with Crippen LogP contribution in [0.1, 0.15) is 5.56 Å². The van der Waals surface area contributed by atoms with Gasteiger partial charge in [0.15, 0.2) is 0 Å². The number of rotatable bonds is 3. The van der Waals surface area contributed by atoms with Gasteiger partial charge in [0.05, 0.1) is 7.11 Å². The van der Waals surface area contributed by atoms with Crippen LogP contribution in [0.2, 0.25) is 0 Å². The minimum absolute atomic E-state index is 0.323. The summed E-state index contributed by atoms with van der Waals surface area (Å²) in [5.74, 6) is 0.464. The highest BCUT2D eigenvalue weighted by Gasteiger charge is 2.06. The molecular weight excluding hydrogens is 216 g/mol. The Morgan fingerprint density at radius 3 is 2.53 bits per heavy atom. The van der Waals surface area contributed by atoms with Crippen molar-refractivity contribution in [2.45, 2.75) is 5.88 Å². The fourth-order valence-corrected chi connectivity index (χ4v) is 1.14. The molecule has 0 aliphatic carbocycles. The number of nitrogens with zero attached hydrogens (tertiary/aromatic N) is 1. The fraction of sp³-hybridized carbons (Fsp3) is 0.300. The van der Waals surface area contributed by atoms with E-state index in [4.69, 9.17) is 16.4 Å². The summed E-state index contributed by atoms with van der Waals surface area (Å²) < 4.78 is 0. The van der Waals surface area contributed by atoms with Crippen molar-refractivity contribution in [1.29, 1.82) is 0 Å². The Hall–Kier alpha value is -1.26. The number of carbonyl (C=O) groups excluding carboxylic acids is 1. The van der Waals surface area contributed by atoms with Crippen LogP contribution in [-0.4, -0.2) is 25.3 Å². The van der Waals surface area contributed by atoms with Crippen molar-refractivity contribution in [3.8, 4) is 0 Å². The molecule has 0 unspecified atom stereocenters. The summed E-state index contributed by atoms with van der Waals surface area (Å²) in [6.07, 6.45) is 0. The normalized spacial score (nSPS) is 9.80. The van der Waals surface area contributed by atoms with E-state index in [9.17, 15) is 4.79 Å². The van der Waals surface area contributed by atoms with E-state index in [0.29, 0.717) is 11.6 Å². The van der Waals surface area contributed by atoms with Gasteiger partial charge < -0.3 is 5.32 Å². The van der Waals surface area contributed by atoms with Gasteiger partial charge in [0.25, 0.3) is 0 Å². The monoisotopic (exact) mass is 228 g/mol. The highest BCUT2D eigenvalue weighted by molar-refractivity contribution is 6.17. The Morgan fingerprint density at radius 1 is 1.47 bits per heavy atom. The van der Waals surface area contributed by atoms with Crippen LogP contribution in [0.5, 0.6) is 0 Å². The van der Waals surface area contributed by atoms with E-state index >= 15 is 0 Å². The molecule has 2 amide bonds. The second kappa shape index (κ2) is 5.58. The van der Waals surface area contributed by atoms with E-state index in [0.717, 1.165) is 10.6 Å². The third kappa shape index (κ3) is 3.42. The molecule has 0 saturated carbocycles. The number of amides is 2. The molecule has 1 rings (SSSR count). The van der Waals surface area contributed by atoms with Crippen molar-refractivity contribution in [3.05, 3.63) is 29.8 Å². The van der Waals surface area contributed by atoms with Crippen molar-refractivity contribution >= 4 is 23.3 Å². The minimum atomic E-state index is -0.323. The molecule has 0 fully saturated rings. The first-order valence-corrected chi connectivity index (χ1v) is 4.94. The molecule has 0 radical (unpaired) electrons. The number of hydrogen-bond acceptors (Lipinski definition) is 2. The Bertz CT molecular complexity index is 327. The lowest BCUT2D eigenvalue weighted by molar-refractivity contribution is -0.0598. The topological polar surface area (TPSA) is 41.6 Å². The van der Waals surface area contributed by atoms with Crippen molar-refractivity contribution in [3.63, 3.8) is 0 Å². The molecule has 1 aromatic carbocycles. The average molecular weight is 229 g/mol. The van der Waals surface area contributed by atoms with Crippen LogP contribution in [0.15, 0.2) is 24.3 Å². The Balaban J connectivity index is 2.61. The maximum absolute atomic E-state index is 11.4. The molecule has 1 aromatic rings. The first kappa shape index (κ1) is 11.8. The third-order valence-electron chi connectivity index (χ3n) is 1.92. The van der Waals surface area contributed by atoms with Crippen LogP contribution in [0, 0.1) is 0 Å². The Kier molecular flexibility index (Phi) is 4.39. The lowest BCUT2D eigenvalue weighted by Crippen LogP contribution is -2.30. The molecule has 0 aliphatic rings. The molecule has 0 aromatic heterocycles. The van der Waals surface area contributed by atoms with Crippen molar-refractivity contribution in [2.24, 2.45) is 0 Å². The molecule has 1 N–H and O–H groups in total. The number of anilines is 1. The van der Waals surface area contributed by atoms with Crippen molar-refractivity contribution in [1.82, 2.24) is 5.06 Å². The molecule has 5 heteroatoms. The molecule has 4 nitrogen and oxygen atoms in total. The van der Waals surface area contributed by atoms with Gasteiger partial charge >= 0.3 is 6.03 Å². The molecule has 0 saturated heterocycles. The Labute approximate surface area is 93.7 Å². The fourth-order valence-electron chi connectivity index (χ4n) is 0.962. The lowest BCUT2D eigenvalue weighted by Gasteiger charge is -2.14. The Morgan fingerprint density at radius 2 is 2.07 bits per heavy atom. The largest absolute Gasteiger partial charge is 0.345 e. The predicted molar refractivity (Wildman–Crippen MR) is 59.8 cm³/mol. The quantitative estimate of drug-likeness (QED) is 0.638. The number of halogens is 1. The zero-order chi connectivity index (χ0) is 11.3. The number of alkyl halides is 1. The summed E-state index contributed by atoms with van der Waals surface area (Å²) in [6, 6.07) is 6.97. The number of urea groups is 1. The molecule has 82 valence electrons. The van der Waals surface area contributed by atoms with E-state index in [2.05, 4.69) is 5.32 Å². The van der Waals surface area contributed by atoms with Gasteiger partial charge in [0.2, 0.25) is 0 Å². The predicted octanol–water partition coefficient (Wildman–Crippen LogP) is 2.45. The van der Waals surface area contributed by atoms with Gasteiger partial charge in [0, 0.05) is 18.6 Å². The average Bonchev–Trinajstić information content (AvgIpc) is 2.29. The lowest BCUT2D eigenvalue weighted by atomic mass is 10.2. The van der Waals surface area contributed by atoms with Gasteiger partial charge in [-0.25, -0.2) is 9.86 Å². The van der Waals surface area contributed by atoms with Gasteiger partial charge in [-0.2, -0.15) is 0 Å². The summed E-state index contributed by atoms with van der Waals surface area (Å²) in [5, 5.41) is 3.77. The van der Waals surface area contributed by atoms with Crippen LogP contribution in [0.4, 0.5) is 10.5 Å². The first-order chi connectivity index (χ1) is 7.17. The molecule has 0 spiro atoms. The second-order valence-electron chi connectivity index (χ2n) is 2.94. The zero-order valence-corrected chi connectivity index (χ0v) is 9.41. The van der Waals surface area contributed by atoms with E-state index in [1.807, 2.05) is 12.1 Å². The summed E-state index contributed by atoms with van der Waals surface area (Å²) >= 11 is 5.64. The smallest absolute Gasteiger partial charge is 0.306 e. The number of nitrogens with one attached hydrogen (secondary N) is 1. The standard InChI is InChI=1S/C10H13ClN2O2/c1-13(15-2)10(14)12-9-5-3-8(7-11)4-6-9/h3-6H,7H2,1-2H3,(H,12,14). The maximum atomic E-state index is 11.4. The van der Waals surface area contributed by atoms with Gasteiger partial charge in [0.1, 0.15) is 0 Å². The number of hydroxylamine groups is 2. The van der Waals surface area contributed by atoms with E-state index in [1.165, 1.54) is 14.2 Å². The van der Waals surface area contributed by atoms with E-state index < -0.39 is 0 Å². The van der Waals surface area contributed by atoms with Crippen LogP contribution < -0.4 is 5.32 Å². The first-order valence-electron chi connectivity index (χ1n) is 4.41. The summed E-state index contributed by atoms with van der Waals surface area (Å²) in [7, 11) is 2.96. The van der Waals surface area contributed by atoms with E-state index in [-0.39, 0.29) is 6.03 Å². The maximum Gasteiger partial charge on any atom is 0.345 e. The van der Waals surface area contributed by atoms with Crippen LogP contribution in [0.3, 0.4) is 0 Å². The van der Waals surface area contributed by atoms with Crippen molar-refractivity contribution < 1.29 is 9.63 Å². The molecule has 0 aliphatic heterocycles. The molecule has 0 atom stereocenters. The zero-order valence-electron chi connectivity index (χ0n) is 8.66. The van der Waals surface area contributed by atoms with Gasteiger partial charge in [-0.3, -0.25) is 4.84 Å². The molecular formula is C10H13ClN2O2. The highest BCUT2D eigenvalue weighted by atomic mass is 35.5. The summed E-state index contributed by atoms with van der Waals surface area (Å²) in [5.41, 5.74) is 1.72. The van der Waals surface area contributed by atoms with E-state index in [1.54, 1.807) is 12.1 Å². The van der Waals surface area contributed by atoms with Crippen molar-refractivity contribution in [2.75, 3.05) is 19.5 Å². The molecule has 0 bridgehead atoms.